The van der Waals surface area contributed by atoms with Gasteiger partial charge in [-0.05, 0) is 61.0 Å². The summed E-state index contributed by atoms with van der Waals surface area (Å²) in [6.45, 7) is 8.02. The summed E-state index contributed by atoms with van der Waals surface area (Å²) >= 11 is 5.25. The fourth-order valence-electron chi connectivity index (χ4n) is 1.98. The van der Waals surface area contributed by atoms with Crippen molar-refractivity contribution in [3.8, 4) is 0 Å². The molecule has 1 aromatic heterocycles. The zero-order chi connectivity index (χ0) is 15.5. The summed E-state index contributed by atoms with van der Waals surface area (Å²) in [4.78, 5) is 15.3. The average molecular weight is 375 g/mol. The van der Waals surface area contributed by atoms with E-state index in [1.165, 1.54) is 4.88 Å². The summed E-state index contributed by atoms with van der Waals surface area (Å²) in [5.41, 5.74) is -0.431. The number of halogens is 1. The van der Waals surface area contributed by atoms with Crippen molar-refractivity contribution in [2.24, 2.45) is 0 Å². The van der Waals surface area contributed by atoms with Gasteiger partial charge in [-0.15, -0.1) is 11.3 Å². The van der Waals surface area contributed by atoms with E-state index in [0.717, 1.165) is 30.4 Å². The van der Waals surface area contributed by atoms with Crippen LogP contribution in [0.1, 0.15) is 38.5 Å². The molecule has 0 radical (unpaired) electrons. The predicted molar refractivity (Wildman–Crippen MR) is 89.7 cm³/mol. The topological polar surface area (TPSA) is 41.6 Å². The molecule has 1 aliphatic rings. The van der Waals surface area contributed by atoms with E-state index in [1.54, 1.807) is 11.3 Å². The van der Waals surface area contributed by atoms with Gasteiger partial charge in [-0.25, -0.2) is 4.79 Å². The molecule has 1 N–H and O–H groups in total. The van der Waals surface area contributed by atoms with E-state index in [9.17, 15) is 4.79 Å². The van der Waals surface area contributed by atoms with Gasteiger partial charge in [0.15, 0.2) is 0 Å². The molecule has 0 aliphatic heterocycles. The van der Waals surface area contributed by atoms with Crippen LogP contribution in [-0.2, 0) is 11.3 Å². The van der Waals surface area contributed by atoms with Gasteiger partial charge in [0.2, 0.25) is 0 Å². The lowest BCUT2D eigenvalue weighted by molar-refractivity contribution is 0.0236. The largest absolute Gasteiger partial charge is 0.444 e. The van der Waals surface area contributed by atoms with E-state index in [1.807, 2.05) is 25.7 Å². The van der Waals surface area contributed by atoms with Crippen LogP contribution in [0.5, 0.6) is 0 Å². The van der Waals surface area contributed by atoms with Gasteiger partial charge in [-0.2, -0.15) is 0 Å². The number of rotatable bonds is 6. The molecule has 1 aliphatic carbocycles. The van der Waals surface area contributed by atoms with Crippen LogP contribution in [0, 0.1) is 0 Å². The first-order valence-corrected chi connectivity index (χ1v) is 8.96. The Labute approximate surface area is 139 Å². The Morgan fingerprint density at radius 3 is 2.76 bits per heavy atom. The first kappa shape index (κ1) is 16.8. The summed E-state index contributed by atoms with van der Waals surface area (Å²) < 4.78 is 6.62. The normalized spacial score (nSPS) is 15.0. The van der Waals surface area contributed by atoms with Crippen LogP contribution in [-0.4, -0.2) is 35.7 Å². The maximum absolute atomic E-state index is 12.2. The molecule has 21 heavy (non-hydrogen) atoms. The molecule has 0 unspecified atom stereocenters. The number of nitrogens with one attached hydrogen (secondary N) is 1. The summed E-state index contributed by atoms with van der Waals surface area (Å²) in [5.74, 6) is 0. The Balaban J connectivity index is 1.76. The second kappa shape index (κ2) is 7.11. The van der Waals surface area contributed by atoms with Crippen molar-refractivity contribution in [3.05, 3.63) is 20.8 Å². The number of amides is 1. The summed E-state index contributed by atoms with van der Waals surface area (Å²) in [7, 11) is 0. The van der Waals surface area contributed by atoms with Crippen molar-refractivity contribution in [1.29, 1.82) is 0 Å². The minimum absolute atomic E-state index is 0.191. The van der Waals surface area contributed by atoms with E-state index in [-0.39, 0.29) is 6.09 Å². The lowest BCUT2D eigenvalue weighted by Gasteiger charge is -2.27. The fourth-order valence-corrected chi connectivity index (χ4v) is 3.44. The number of carbonyl (C=O) groups is 1. The molecular weight excluding hydrogens is 352 g/mol. The molecule has 0 spiro atoms. The Morgan fingerprint density at radius 2 is 2.24 bits per heavy atom. The monoisotopic (exact) mass is 374 g/mol. The van der Waals surface area contributed by atoms with Gasteiger partial charge in [-0.1, -0.05) is 0 Å². The molecule has 1 saturated carbocycles. The molecule has 0 atom stereocenters. The highest BCUT2D eigenvalue weighted by Crippen LogP contribution is 2.28. The van der Waals surface area contributed by atoms with Crippen LogP contribution < -0.4 is 5.32 Å². The molecule has 1 fully saturated rings. The summed E-state index contributed by atoms with van der Waals surface area (Å²) in [6, 6.07) is 2.42. The predicted octanol–water partition coefficient (Wildman–Crippen LogP) is 4.00. The number of carbonyl (C=O) groups excluding carboxylic acids is 1. The third-order valence-electron chi connectivity index (χ3n) is 3.12. The number of ether oxygens (including phenoxy) is 1. The van der Waals surface area contributed by atoms with Crippen LogP contribution in [0.3, 0.4) is 0 Å². The Bertz CT molecular complexity index is 480. The van der Waals surface area contributed by atoms with Crippen LogP contribution in [0.4, 0.5) is 4.79 Å². The van der Waals surface area contributed by atoms with E-state index in [2.05, 4.69) is 32.7 Å². The first-order valence-electron chi connectivity index (χ1n) is 7.29. The van der Waals surface area contributed by atoms with Crippen LogP contribution >= 0.6 is 27.3 Å². The van der Waals surface area contributed by atoms with Crippen molar-refractivity contribution in [2.45, 2.75) is 51.8 Å². The zero-order valence-corrected chi connectivity index (χ0v) is 15.2. The number of nitrogens with zero attached hydrogens (tertiary/aromatic N) is 1. The van der Waals surface area contributed by atoms with Crippen molar-refractivity contribution >= 4 is 33.4 Å². The molecule has 1 aromatic rings. The molecule has 4 nitrogen and oxygen atoms in total. The Kier molecular flexibility index (Phi) is 5.68. The van der Waals surface area contributed by atoms with Crippen LogP contribution in [0.15, 0.2) is 15.9 Å². The summed E-state index contributed by atoms with van der Waals surface area (Å²) in [6.07, 6.45) is 2.00. The number of hydrogen-bond acceptors (Lipinski definition) is 4. The molecule has 6 heteroatoms. The van der Waals surface area contributed by atoms with Crippen molar-refractivity contribution in [3.63, 3.8) is 0 Å². The Hall–Kier alpha value is -0.590. The lowest BCUT2D eigenvalue weighted by Crippen LogP contribution is -2.41. The third-order valence-corrected chi connectivity index (χ3v) is 5.05. The first-order chi connectivity index (χ1) is 9.87. The van der Waals surface area contributed by atoms with Crippen molar-refractivity contribution in [1.82, 2.24) is 10.2 Å². The quantitative estimate of drug-likeness (QED) is 0.765. The van der Waals surface area contributed by atoms with Crippen LogP contribution in [0.25, 0.3) is 0 Å². The second-order valence-electron chi connectivity index (χ2n) is 6.27. The molecule has 0 bridgehead atoms. The van der Waals surface area contributed by atoms with E-state index in [4.69, 9.17) is 4.74 Å². The molecule has 118 valence electrons. The average Bonchev–Trinajstić information content (AvgIpc) is 3.11. The highest BCUT2D eigenvalue weighted by atomic mass is 79.9. The molecule has 1 heterocycles. The lowest BCUT2D eigenvalue weighted by atomic mass is 10.2. The van der Waals surface area contributed by atoms with Gasteiger partial charge in [-0.3, -0.25) is 0 Å². The standard InChI is InChI=1S/C15H23BrN2O2S/c1-15(2,3)20-14(19)18(11-4-5-11)8-7-17-10-13-12(16)6-9-21-13/h6,9,11,17H,4-5,7-8,10H2,1-3H3. The Morgan fingerprint density at radius 1 is 1.52 bits per heavy atom. The maximum atomic E-state index is 12.2. The highest BCUT2D eigenvalue weighted by molar-refractivity contribution is 9.10. The van der Waals surface area contributed by atoms with E-state index < -0.39 is 5.60 Å². The van der Waals surface area contributed by atoms with Gasteiger partial charge in [0.05, 0.1) is 0 Å². The number of hydrogen-bond donors (Lipinski definition) is 1. The van der Waals surface area contributed by atoms with Crippen molar-refractivity contribution in [2.75, 3.05) is 13.1 Å². The van der Waals surface area contributed by atoms with E-state index >= 15 is 0 Å². The summed E-state index contributed by atoms with van der Waals surface area (Å²) in [5, 5.41) is 5.46. The van der Waals surface area contributed by atoms with Crippen molar-refractivity contribution < 1.29 is 9.53 Å². The molecule has 0 saturated heterocycles. The van der Waals surface area contributed by atoms with Gasteiger partial charge >= 0.3 is 6.09 Å². The minimum Gasteiger partial charge on any atom is -0.444 e. The molecular formula is C15H23BrN2O2S. The van der Waals surface area contributed by atoms with E-state index in [0.29, 0.717) is 12.6 Å². The SMILES string of the molecule is CC(C)(C)OC(=O)N(CCNCc1sccc1Br)C1CC1. The maximum Gasteiger partial charge on any atom is 0.410 e. The van der Waals surface area contributed by atoms with Gasteiger partial charge in [0, 0.05) is 35.0 Å². The molecule has 2 rings (SSSR count). The molecule has 1 amide bonds. The fraction of sp³-hybridized carbons (Fsp3) is 0.667. The smallest absolute Gasteiger partial charge is 0.410 e. The molecule has 0 aromatic carbocycles. The van der Waals surface area contributed by atoms with Gasteiger partial charge < -0.3 is 15.0 Å². The minimum atomic E-state index is -0.431. The van der Waals surface area contributed by atoms with Gasteiger partial charge in [0.1, 0.15) is 5.60 Å². The third kappa shape index (κ3) is 5.60. The van der Waals surface area contributed by atoms with Gasteiger partial charge in [0.25, 0.3) is 0 Å². The van der Waals surface area contributed by atoms with Crippen LogP contribution in [0.2, 0.25) is 0 Å². The number of thiophene rings is 1. The zero-order valence-electron chi connectivity index (χ0n) is 12.8. The highest BCUT2D eigenvalue weighted by Gasteiger charge is 2.34. The second-order valence-corrected chi connectivity index (χ2v) is 8.13.